The molecule has 5 rings (SSSR count). The van der Waals surface area contributed by atoms with Crippen LogP contribution in [0.15, 0.2) is 24.7 Å². The predicted octanol–water partition coefficient (Wildman–Crippen LogP) is 3.02. The third-order valence-electron chi connectivity index (χ3n) is 6.73. The number of rotatable bonds is 7. The van der Waals surface area contributed by atoms with Crippen LogP contribution >= 0.6 is 0 Å². The maximum absolute atomic E-state index is 10.4. The van der Waals surface area contributed by atoms with E-state index in [9.17, 15) is 5.11 Å². The molecule has 0 aromatic carbocycles. The molecule has 3 aromatic heterocycles. The molecule has 0 unspecified atom stereocenters. The molecule has 32 heavy (non-hydrogen) atoms. The minimum absolute atomic E-state index is 0.101. The normalized spacial score (nSPS) is 25.1. The molecule has 1 aliphatic heterocycles. The summed E-state index contributed by atoms with van der Waals surface area (Å²) in [5, 5.41) is 23.2. The molecule has 1 saturated carbocycles. The molecule has 1 atom stereocenters. The molecule has 4 heterocycles. The van der Waals surface area contributed by atoms with E-state index in [0.717, 1.165) is 48.0 Å². The van der Waals surface area contributed by atoms with Crippen molar-refractivity contribution in [2.75, 3.05) is 32.2 Å². The zero-order chi connectivity index (χ0) is 22.3. The summed E-state index contributed by atoms with van der Waals surface area (Å²) in [6, 6.07) is 2.64. The highest BCUT2D eigenvalue weighted by Crippen LogP contribution is 2.40. The Morgan fingerprint density at radius 2 is 2.09 bits per heavy atom. The second-order valence-electron chi connectivity index (χ2n) is 9.53. The Kier molecular flexibility index (Phi) is 5.65. The van der Waals surface area contributed by atoms with Crippen LogP contribution in [0.5, 0.6) is 0 Å². The number of methoxy groups -OCH3 is 1. The number of aliphatic hydroxyl groups is 1. The minimum atomic E-state index is -0.574. The van der Waals surface area contributed by atoms with Gasteiger partial charge in [0.25, 0.3) is 0 Å². The minimum Gasteiger partial charge on any atom is -0.390 e. The van der Waals surface area contributed by atoms with E-state index >= 15 is 0 Å². The number of aromatic nitrogens is 5. The molecule has 0 bridgehead atoms. The molecule has 9 heteroatoms. The van der Waals surface area contributed by atoms with Crippen LogP contribution in [0.4, 0.5) is 5.95 Å². The summed E-state index contributed by atoms with van der Waals surface area (Å²) in [7, 11) is 1.69. The molecule has 1 saturated heterocycles. The van der Waals surface area contributed by atoms with Crippen molar-refractivity contribution in [3.05, 3.63) is 30.4 Å². The number of fused-ring (bicyclic) bond motifs is 1. The van der Waals surface area contributed by atoms with Crippen molar-refractivity contribution in [1.82, 2.24) is 24.4 Å². The molecule has 0 amide bonds. The molecule has 2 aliphatic rings. The van der Waals surface area contributed by atoms with E-state index in [1.165, 1.54) is 0 Å². The smallest absolute Gasteiger partial charge is 0.241 e. The highest BCUT2D eigenvalue weighted by atomic mass is 16.5. The summed E-state index contributed by atoms with van der Waals surface area (Å²) in [5.74, 6) is 0.918. The molecular formula is C23H32N6O3. The van der Waals surface area contributed by atoms with Crippen LogP contribution in [0.25, 0.3) is 16.6 Å². The molecule has 9 nitrogen and oxygen atoms in total. The first-order chi connectivity index (χ1) is 15.4. The van der Waals surface area contributed by atoms with Crippen molar-refractivity contribution in [3.63, 3.8) is 0 Å². The van der Waals surface area contributed by atoms with Gasteiger partial charge in [0.05, 0.1) is 49.4 Å². The third kappa shape index (κ3) is 4.12. The Hall–Kier alpha value is -2.49. The standard InChI is InChI=1S/C23H32N6O3/c1-15(12-31-3)26-22-24-10-21-19(17-9-25-28(11-17)18-13-32-14-18)8-20(29(21)27-22)16-4-6-23(2,30)7-5-16/h8-11,15-16,18,30H,4-7,12-14H2,1-3H3,(H,26,27)/t15-,16-,23+/m0/s1. The lowest BCUT2D eigenvalue weighted by atomic mass is 9.78. The van der Waals surface area contributed by atoms with Gasteiger partial charge in [0, 0.05) is 42.1 Å². The van der Waals surface area contributed by atoms with Gasteiger partial charge in [-0.2, -0.15) is 5.10 Å². The molecule has 2 fully saturated rings. The highest BCUT2D eigenvalue weighted by Gasteiger charge is 2.32. The van der Waals surface area contributed by atoms with Crippen molar-refractivity contribution in [3.8, 4) is 11.1 Å². The van der Waals surface area contributed by atoms with Gasteiger partial charge in [-0.1, -0.05) is 0 Å². The zero-order valence-electron chi connectivity index (χ0n) is 19.0. The van der Waals surface area contributed by atoms with Crippen molar-refractivity contribution in [2.45, 2.75) is 63.1 Å². The Balaban J connectivity index is 1.52. The molecule has 0 radical (unpaired) electrons. The fraction of sp³-hybridized carbons (Fsp3) is 0.609. The number of ether oxygens (including phenoxy) is 2. The monoisotopic (exact) mass is 440 g/mol. The van der Waals surface area contributed by atoms with E-state index < -0.39 is 5.60 Å². The maximum Gasteiger partial charge on any atom is 0.241 e. The second kappa shape index (κ2) is 8.46. The van der Waals surface area contributed by atoms with Crippen molar-refractivity contribution < 1.29 is 14.6 Å². The van der Waals surface area contributed by atoms with E-state index in [1.807, 2.05) is 35.4 Å². The molecule has 1 aliphatic carbocycles. The van der Waals surface area contributed by atoms with Crippen LogP contribution in [-0.4, -0.2) is 68.1 Å². The Morgan fingerprint density at radius 3 is 2.78 bits per heavy atom. The zero-order valence-corrected chi connectivity index (χ0v) is 19.0. The van der Waals surface area contributed by atoms with Gasteiger partial charge in [0.2, 0.25) is 5.95 Å². The Labute approximate surface area is 187 Å². The summed E-state index contributed by atoms with van der Waals surface area (Å²) in [4.78, 5) is 4.58. The molecule has 2 N–H and O–H groups in total. The van der Waals surface area contributed by atoms with Gasteiger partial charge in [-0.25, -0.2) is 9.50 Å². The Bertz CT molecular complexity index is 1080. The summed E-state index contributed by atoms with van der Waals surface area (Å²) < 4.78 is 14.6. The highest BCUT2D eigenvalue weighted by molar-refractivity contribution is 5.81. The number of anilines is 1. The predicted molar refractivity (Wildman–Crippen MR) is 121 cm³/mol. The van der Waals surface area contributed by atoms with Gasteiger partial charge >= 0.3 is 0 Å². The largest absolute Gasteiger partial charge is 0.390 e. The number of hydrogen-bond acceptors (Lipinski definition) is 7. The quantitative estimate of drug-likeness (QED) is 0.583. The van der Waals surface area contributed by atoms with Crippen LogP contribution in [0, 0.1) is 0 Å². The summed E-state index contributed by atoms with van der Waals surface area (Å²) in [6.07, 6.45) is 9.34. The topological polar surface area (TPSA) is 98.7 Å². The first-order valence-corrected chi connectivity index (χ1v) is 11.4. The summed E-state index contributed by atoms with van der Waals surface area (Å²) >= 11 is 0. The second-order valence-corrected chi connectivity index (χ2v) is 9.53. The van der Waals surface area contributed by atoms with Crippen LogP contribution in [0.1, 0.15) is 57.2 Å². The van der Waals surface area contributed by atoms with Gasteiger partial charge in [-0.3, -0.25) is 4.68 Å². The van der Waals surface area contributed by atoms with Crippen LogP contribution in [0.2, 0.25) is 0 Å². The number of nitrogens with one attached hydrogen (secondary N) is 1. The first kappa shape index (κ1) is 21.4. The molecule has 172 valence electrons. The van der Waals surface area contributed by atoms with Gasteiger partial charge in [0.1, 0.15) is 0 Å². The summed E-state index contributed by atoms with van der Waals surface area (Å²) in [6.45, 7) is 5.98. The van der Waals surface area contributed by atoms with Crippen molar-refractivity contribution >= 4 is 11.5 Å². The Morgan fingerprint density at radius 1 is 1.31 bits per heavy atom. The average Bonchev–Trinajstić information content (AvgIpc) is 3.32. The maximum atomic E-state index is 10.4. The lowest BCUT2D eigenvalue weighted by Crippen LogP contribution is -2.30. The van der Waals surface area contributed by atoms with Crippen LogP contribution in [-0.2, 0) is 9.47 Å². The molecule has 0 spiro atoms. The summed E-state index contributed by atoms with van der Waals surface area (Å²) in [5.41, 5.74) is 3.69. The third-order valence-corrected chi connectivity index (χ3v) is 6.73. The fourth-order valence-corrected chi connectivity index (χ4v) is 4.70. The van der Waals surface area contributed by atoms with E-state index in [-0.39, 0.29) is 6.04 Å². The van der Waals surface area contributed by atoms with Crippen LogP contribution in [0.3, 0.4) is 0 Å². The average molecular weight is 441 g/mol. The van der Waals surface area contributed by atoms with Gasteiger partial charge in [-0.05, 0) is 45.6 Å². The SMILES string of the molecule is COC[C@H](C)Nc1ncc2c(-c3cnn(C4COC4)c3)cc([C@H]3CC[C@@](C)(O)CC3)n2n1. The van der Waals surface area contributed by atoms with E-state index in [2.05, 4.69) is 27.7 Å². The van der Waals surface area contributed by atoms with Gasteiger partial charge in [-0.15, -0.1) is 5.10 Å². The lowest BCUT2D eigenvalue weighted by Gasteiger charge is -2.32. The fourth-order valence-electron chi connectivity index (χ4n) is 4.70. The van der Waals surface area contributed by atoms with Crippen molar-refractivity contribution in [2.24, 2.45) is 0 Å². The van der Waals surface area contributed by atoms with Crippen molar-refractivity contribution in [1.29, 1.82) is 0 Å². The number of nitrogens with zero attached hydrogens (tertiary/aromatic N) is 5. The first-order valence-electron chi connectivity index (χ1n) is 11.4. The van der Waals surface area contributed by atoms with Gasteiger partial charge in [0.15, 0.2) is 0 Å². The van der Waals surface area contributed by atoms with Gasteiger partial charge < -0.3 is 19.9 Å². The van der Waals surface area contributed by atoms with E-state index in [0.29, 0.717) is 37.7 Å². The van der Waals surface area contributed by atoms with Crippen LogP contribution < -0.4 is 5.32 Å². The molecule has 3 aromatic rings. The van der Waals surface area contributed by atoms with E-state index in [4.69, 9.17) is 14.6 Å². The number of hydrogen-bond donors (Lipinski definition) is 2. The lowest BCUT2D eigenvalue weighted by molar-refractivity contribution is -0.0286. The van der Waals surface area contributed by atoms with E-state index in [1.54, 1.807) is 7.11 Å². The molecular weight excluding hydrogens is 408 g/mol.